The third kappa shape index (κ3) is 3.75. The Morgan fingerprint density at radius 1 is 1.27 bits per heavy atom. The van der Waals surface area contributed by atoms with E-state index in [-0.39, 0.29) is 18.0 Å². The second-order valence-electron chi connectivity index (χ2n) is 8.12. The Morgan fingerprint density at radius 2 is 2.03 bits per heavy atom. The van der Waals surface area contributed by atoms with E-state index in [4.69, 9.17) is 0 Å². The van der Waals surface area contributed by atoms with Gasteiger partial charge in [-0.05, 0) is 42.9 Å². The normalized spacial score (nSPS) is 21.7. The molecule has 1 saturated heterocycles. The zero-order valence-corrected chi connectivity index (χ0v) is 16.5. The molecular formula is C20H22F4N4O2. The Labute approximate surface area is 170 Å². The number of aromatic nitrogens is 3. The first-order valence-electron chi connectivity index (χ1n) is 9.98. The molecule has 162 valence electrons. The summed E-state index contributed by atoms with van der Waals surface area (Å²) in [5, 5.41) is 4.26. The second-order valence-corrected chi connectivity index (χ2v) is 8.12. The van der Waals surface area contributed by atoms with Crippen LogP contribution in [-0.2, 0) is 23.9 Å². The van der Waals surface area contributed by atoms with Crippen LogP contribution in [-0.4, -0.2) is 38.2 Å². The summed E-state index contributed by atoms with van der Waals surface area (Å²) < 4.78 is 54.9. The van der Waals surface area contributed by atoms with E-state index < -0.39 is 29.3 Å². The predicted octanol–water partition coefficient (Wildman–Crippen LogP) is 3.00. The smallest absolute Gasteiger partial charge is 0.341 e. The third-order valence-corrected chi connectivity index (χ3v) is 5.82. The number of amides is 1. The highest BCUT2D eigenvalue weighted by atomic mass is 19.4. The van der Waals surface area contributed by atoms with Gasteiger partial charge in [0.05, 0.1) is 12.1 Å². The fraction of sp³-hybridized carbons (Fsp3) is 0.550. The summed E-state index contributed by atoms with van der Waals surface area (Å²) in [5.41, 5.74) is -1.81. The molecule has 6 nitrogen and oxygen atoms in total. The van der Waals surface area contributed by atoms with Gasteiger partial charge >= 0.3 is 11.9 Å². The molecule has 2 aliphatic rings. The molecular weight excluding hydrogens is 404 g/mol. The van der Waals surface area contributed by atoms with Gasteiger partial charge in [0.25, 0.3) is 0 Å². The lowest BCUT2D eigenvalue weighted by Gasteiger charge is -2.27. The number of hydrogen-bond donors (Lipinski definition) is 0. The summed E-state index contributed by atoms with van der Waals surface area (Å²) in [4.78, 5) is 27.7. The SMILES string of the molecule is C[C@H]1CCN(C(=O)[C@@H]2CCCc3nn(Cc4ccc(F)c(C(F)(F)F)c4)c(=O)n32)C1. The molecule has 0 radical (unpaired) electrons. The number of likely N-dealkylation sites (tertiary alicyclic amines) is 1. The van der Waals surface area contributed by atoms with Gasteiger partial charge < -0.3 is 4.90 Å². The minimum atomic E-state index is -4.83. The van der Waals surface area contributed by atoms with Gasteiger partial charge in [-0.3, -0.25) is 9.36 Å². The van der Waals surface area contributed by atoms with E-state index in [9.17, 15) is 27.2 Å². The highest BCUT2D eigenvalue weighted by Crippen LogP contribution is 2.32. The molecule has 2 atom stereocenters. The number of halogens is 4. The quantitative estimate of drug-likeness (QED) is 0.709. The van der Waals surface area contributed by atoms with Crippen molar-refractivity contribution in [3.05, 3.63) is 51.5 Å². The summed E-state index contributed by atoms with van der Waals surface area (Å²) in [7, 11) is 0. The summed E-state index contributed by atoms with van der Waals surface area (Å²) in [6.45, 7) is 3.15. The van der Waals surface area contributed by atoms with Crippen LogP contribution in [0, 0.1) is 11.7 Å². The number of benzene rings is 1. The van der Waals surface area contributed by atoms with Crippen LogP contribution < -0.4 is 5.69 Å². The van der Waals surface area contributed by atoms with Crippen LogP contribution in [0.5, 0.6) is 0 Å². The van der Waals surface area contributed by atoms with Gasteiger partial charge in [-0.25, -0.2) is 13.9 Å². The summed E-state index contributed by atoms with van der Waals surface area (Å²) in [6, 6.07) is 1.98. The number of carbonyl (C=O) groups excluding carboxylic acids is 1. The number of rotatable bonds is 3. The van der Waals surface area contributed by atoms with E-state index in [1.807, 2.05) is 0 Å². The van der Waals surface area contributed by atoms with Gasteiger partial charge in [-0.2, -0.15) is 18.3 Å². The molecule has 1 aromatic heterocycles. The molecule has 1 aromatic carbocycles. The molecule has 1 amide bonds. The monoisotopic (exact) mass is 426 g/mol. The Morgan fingerprint density at radius 3 is 2.70 bits per heavy atom. The van der Waals surface area contributed by atoms with Crippen LogP contribution in [0.2, 0.25) is 0 Å². The van der Waals surface area contributed by atoms with E-state index in [2.05, 4.69) is 12.0 Å². The van der Waals surface area contributed by atoms with Crippen molar-refractivity contribution in [2.45, 2.75) is 51.4 Å². The fourth-order valence-electron chi connectivity index (χ4n) is 4.28. The highest BCUT2D eigenvalue weighted by Gasteiger charge is 2.36. The lowest BCUT2D eigenvalue weighted by Crippen LogP contribution is -2.41. The van der Waals surface area contributed by atoms with Crippen LogP contribution in [0.1, 0.15) is 49.2 Å². The zero-order chi connectivity index (χ0) is 21.6. The van der Waals surface area contributed by atoms with E-state index >= 15 is 0 Å². The molecule has 4 rings (SSSR count). The highest BCUT2D eigenvalue weighted by molar-refractivity contribution is 5.81. The maximum atomic E-state index is 13.5. The van der Waals surface area contributed by atoms with Gasteiger partial charge in [0.1, 0.15) is 17.7 Å². The van der Waals surface area contributed by atoms with Crippen LogP contribution in [0.25, 0.3) is 0 Å². The molecule has 30 heavy (non-hydrogen) atoms. The van der Waals surface area contributed by atoms with Crippen molar-refractivity contribution in [1.29, 1.82) is 0 Å². The topological polar surface area (TPSA) is 60.1 Å². The van der Waals surface area contributed by atoms with Crippen molar-refractivity contribution in [2.75, 3.05) is 13.1 Å². The first-order chi connectivity index (χ1) is 14.1. The number of nitrogens with zero attached hydrogens (tertiary/aromatic N) is 4. The van der Waals surface area contributed by atoms with Gasteiger partial charge in [-0.1, -0.05) is 13.0 Å². The third-order valence-electron chi connectivity index (χ3n) is 5.82. The largest absolute Gasteiger partial charge is 0.419 e. The lowest BCUT2D eigenvalue weighted by molar-refractivity contribution is -0.140. The van der Waals surface area contributed by atoms with E-state index in [1.165, 1.54) is 10.6 Å². The van der Waals surface area contributed by atoms with Crippen LogP contribution in [0.15, 0.2) is 23.0 Å². The Kier molecular flexibility index (Phi) is 5.19. The molecule has 2 aliphatic heterocycles. The van der Waals surface area contributed by atoms with E-state index in [1.54, 1.807) is 4.90 Å². The molecule has 0 saturated carbocycles. The molecule has 2 aromatic rings. The van der Waals surface area contributed by atoms with E-state index in [0.717, 1.165) is 17.2 Å². The van der Waals surface area contributed by atoms with Crippen molar-refractivity contribution in [1.82, 2.24) is 19.2 Å². The maximum absolute atomic E-state index is 13.5. The average molecular weight is 426 g/mol. The molecule has 10 heteroatoms. The van der Waals surface area contributed by atoms with Gasteiger partial charge in [-0.15, -0.1) is 0 Å². The van der Waals surface area contributed by atoms with E-state index in [0.29, 0.717) is 50.2 Å². The van der Waals surface area contributed by atoms with Crippen molar-refractivity contribution in [3.63, 3.8) is 0 Å². The Balaban J connectivity index is 1.63. The van der Waals surface area contributed by atoms with Crippen LogP contribution in [0.3, 0.4) is 0 Å². The average Bonchev–Trinajstić information content (AvgIpc) is 3.25. The zero-order valence-electron chi connectivity index (χ0n) is 16.5. The molecule has 1 fully saturated rings. The Bertz CT molecular complexity index is 1030. The maximum Gasteiger partial charge on any atom is 0.419 e. The minimum Gasteiger partial charge on any atom is -0.341 e. The Hall–Kier alpha value is -2.65. The molecule has 0 unspecified atom stereocenters. The molecule has 3 heterocycles. The molecule has 0 bridgehead atoms. The number of aryl methyl sites for hydroxylation is 1. The fourth-order valence-corrected chi connectivity index (χ4v) is 4.28. The van der Waals surface area contributed by atoms with Crippen molar-refractivity contribution in [2.24, 2.45) is 5.92 Å². The van der Waals surface area contributed by atoms with Gasteiger partial charge in [0.15, 0.2) is 0 Å². The van der Waals surface area contributed by atoms with Crippen molar-refractivity contribution < 1.29 is 22.4 Å². The van der Waals surface area contributed by atoms with Crippen molar-refractivity contribution >= 4 is 5.91 Å². The lowest BCUT2D eigenvalue weighted by atomic mass is 10.0. The summed E-state index contributed by atoms with van der Waals surface area (Å²) in [5.74, 6) is -0.607. The summed E-state index contributed by atoms with van der Waals surface area (Å²) >= 11 is 0. The first kappa shape index (κ1) is 20.6. The number of fused-ring (bicyclic) bond motifs is 1. The van der Waals surface area contributed by atoms with Crippen molar-refractivity contribution in [3.8, 4) is 0 Å². The number of hydrogen-bond acceptors (Lipinski definition) is 3. The molecule has 0 spiro atoms. The van der Waals surface area contributed by atoms with Gasteiger partial charge in [0, 0.05) is 19.5 Å². The first-order valence-corrected chi connectivity index (χ1v) is 9.98. The predicted molar refractivity (Wildman–Crippen MR) is 99.3 cm³/mol. The number of carbonyl (C=O) groups is 1. The second kappa shape index (κ2) is 7.55. The standard InChI is InChI=1S/C20H22F4N4O2/c1-12-7-8-26(10-12)18(29)16-3-2-4-17-25-27(19(30)28(16)17)11-13-5-6-15(21)14(9-13)20(22,23)24/h5-6,9,12,16H,2-4,7-8,10-11H2,1H3/t12-,16-/m0/s1. The van der Waals surface area contributed by atoms with Gasteiger partial charge in [0.2, 0.25) is 5.91 Å². The molecule has 0 N–H and O–H groups in total. The molecule has 0 aliphatic carbocycles. The van der Waals surface area contributed by atoms with Crippen LogP contribution >= 0.6 is 0 Å². The summed E-state index contributed by atoms with van der Waals surface area (Å²) in [6.07, 6.45) is -2.17. The minimum absolute atomic E-state index is 0.108. The number of alkyl halides is 3. The van der Waals surface area contributed by atoms with Crippen LogP contribution in [0.4, 0.5) is 17.6 Å².